The summed E-state index contributed by atoms with van der Waals surface area (Å²) in [5.41, 5.74) is 0.138. The van der Waals surface area contributed by atoms with Crippen molar-refractivity contribution in [3.63, 3.8) is 0 Å². The van der Waals surface area contributed by atoms with Gasteiger partial charge in [0.25, 0.3) is 5.91 Å². The third-order valence-corrected chi connectivity index (χ3v) is 7.86. The van der Waals surface area contributed by atoms with Gasteiger partial charge in [0, 0.05) is 28.3 Å². The van der Waals surface area contributed by atoms with Crippen LogP contribution in [0.25, 0.3) is 22.2 Å². The average Bonchev–Trinajstić information content (AvgIpc) is 3.33. The number of aliphatic hydroxyl groups is 1. The maximum Gasteiger partial charge on any atom is 0.424 e. The van der Waals surface area contributed by atoms with E-state index in [-0.39, 0.29) is 45.5 Å². The second-order valence-corrected chi connectivity index (χ2v) is 11.1. The molecule has 9 nitrogen and oxygen atoms in total. The van der Waals surface area contributed by atoms with Crippen LogP contribution in [0.3, 0.4) is 0 Å². The molecule has 230 valence electrons. The van der Waals surface area contributed by atoms with Crippen molar-refractivity contribution in [2.45, 2.75) is 31.0 Å². The number of ether oxygens (including phenoxy) is 2. The number of pyridine rings is 2. The summed E-state index contributed by atoms with van der Waals surface area (Å²) in [4.78, 5) is 33.9. The van der Waals surface area contributed by atoms with Gasteiger partial charge in [0.05, 0.1) is 24.4 Å². The third-order valence-electron chi connectivity index (χ3n) is 7.57. The third kappa shape index (κ3) is 5.15. The standard InChI is InChI=1S/C30H25ClF4N4O5/c1-14-6-16-7-17(9-21(43-3)23(16)37-11-14)26(40)38-12-29(42,30(33,34)35)22-10-18-25(44-13-28(18,2)27(36)41)24(39-22)15-4-5-20(32)19(31)8-15/h4-11,42H,12-13H2,1-3H3,(H2,36,41)(H,38,40)/t28-,29?/m0/s1. The van der Waals surface area contributed by atoms with E-state index in [2.05, 4.69) is 15.3 Å². The topological polar surface area (TPSA) is 137 Å². The summed E-state index contributed by atoms with van der Waals surface area (Å²) in [5, 5.41) is 13.6. The van der Waals surface area contributed by atoms with Gasteiger partial charge in [-0.2, -0.15) is 13.2 Å². The second-order valence-electron chi connectivity index (χ2n) is 10.7. The highest BCUT2D eigenvalue weighted by atomic mass is 35.5. The van der Waals surface area contributed by atoms with Crippen LogP contribution in [0.4, 0.5) is 17.6 Å². The Morgan fingerprint density at radius 1 is 1.20 bits per heavy atom. The molecule has 0 spiro atoms. The van der Waals surface area contributed by atoms with Crippen LogP contribution >= 0.6 is 11.6 Å². The molecule has 0 radical (unpaired) electrons. The number of alkyl halides is 3. The first-order valence-electron chi connectivity index (χ1n) is 13.0. The molecule has 5 rings (SSSR count). The number of benzene rings is 2. The molecule has 14 heteroatoms. The van der Waals surface area contributed by atoms with Gasteiger partial charge in [-0.3, -0.25) is 14.6 Å². The van der Waals surface area contributed by atoms with Crippen molar-refractivity contribution in [1.29, 1.82) is 0 Å². The Hall–Kier alpha value is -4.49. The number of amides is 2. The molecule has 0 aliphatic carbocycles. The van der Waals surface area contributed by atoms with E-state index in [1.807, 2.05) is 0 Å². The molecule has 0 fully saturated rings. The number of hydrogen-bond donors (Lipinski definition) is 3. The minimum atomic E-state index is -5.38. The maximum atomic E-state index is 14.7. The highest BCUT2D eigenvalue weighted by Gasteiger charge is 2.57. The van der Waals surface area contributed by atoms with E-state index in [1.54, 1.807) is 19.2 Å². The summed E-state index contributed by atoms with van der Waals surface area (Å²) >= 11 is 5.93. The van der Waals surface area contributed by atoms with Crippen molar-refractivity contribution < 1.29 is 41.7 Å². The van der Waals surface area contributed by atoms with E-state index in [1.165, 1.54) is 32.2 Å². The molecule has 1 unspecified atom stereocenters. The van der Waals surface area contributed by atoms with Crippen LogP contribution in [0.1, 0.15) is 34.1 Å². The molecule has 1 aliphatic rings. The molecule has 2 amide bonds. The first-order valence-corrected chi connectivity index (χ1v) is 13.4. The van der Waals surface area contributed by atoms with Gasteiger partial charge in [-0.15, -0.1) is 0 Å². The Labute approximate surface area is 253 Å². The molecule has 44 heavy (non-hydrogen) atoms. The molecule has 2 aromatic heterocycles. The number of carbonyl (C=O) groups excluding carboxylic acids is 2. The molecule has 4 N–H and O–H groups in total. The lowest BCUT2D eigenvalue weighted by atomic mass is 9.81. The van der Waals surface area contributed by atoms with Gasteiger partial charge in [-0.25, -0.2) is 9.37 Å². The summed E-state index contributed by atoms with van der Waals surface area (Å²) in [6.45, 7) is 1.45. The quantitative estimate of drug-likeness (QED) is 0.251. The molecule has 0 saturated carbocycles. The van der Waals surface area contributed by atoms with Gasteiger partial charge in [-0.1, -0.05) is 11.6 Å². The van der Waals surface area contributed by atoms with Crippen LogP contribution in [0, 0.1) is 12.7 Å². The largest absolute Gasteiger partial charge is 0.494 e. The minimum Gasteiger partial charge on any atom is -0.494 e. The van der Waals surface area contributed by atoms with Crippen LogP contribution in [-0.2, 0) is 15.8 Å². The molecule has 4 aromatic rings. The highest BCUT2D eigenvalue weighted by molar-refractivity contribution is 6.31. The van der Waals surface area contributed by atoms with Gasteiger partial charge in [0.2, 0.25) is 11.5 Å². The number of nitrogens with two attached hydrogens (primary N) is 1. The number of rotatable bonds is 7. The monoisotopic (exact) mass is 632 g/mol. The zero-order valence-corrected chi connectivity index (χ0v) is 24.2. The van der Waals surface area contributed by atoms with Gasteiger partial charge in [-0.05, 0) is 61.9 Å². The Kier molecular flexibility index (Phi) is 7.67. The normalized spacial score (nSPS) is 17.5. The number of fused-ring (bicyclic) bond motifs is 2. The Balaban J connectivity index is 1.61. The number of aryl methyl sites for hydroxylation is 1. The van der Waals surface area contributed by atoms with Crippen LogP contribution in [-0.4, -0.2) is 53.3 Å². The van der Waals surface area contributed by atoms with Gasteiger partial charge >= 0.3 is 6.18 Å². The minimum absolute atomic E-state index is 0.0453. The number of nitrogens with one attached hydrogen (secondary N) is 1. The number of primary amides is 1. The zero-order valence-electron chi connectivity index (χ0n) is 23.5. The lowest BCUT2D eigenvalue weighted by Crippen LogP contribution is -2.51. The Bertz CT molecular complexity index is 1840. The summed E-state index contributed by atoms with van der Waals surface area (Å²) < 4.78 is 69.0. The molecular weight excluding hydrogens is 608 g/mol. The summed E-state index contributed by atoms with van der Waals surface area (Å²) in [7, 11) is 1.36. The number of hydrogen-bond acceptors (Lipinski definition) is 7. The van der Waals surface area contributed by atoms with Gasteiger partial charge < -0.3 is 25.6 Å². The average molecular weight is 633 g/mol. The van der Waals surface area contributed by atoms with Crippen molar-refractivity contribution in [2.24, 2.45) is 5.73 Å². The van der Waals surface area contributed by atoms with Crippen LogP contribution < -0.4 is 20.5 Å². The smallest absolute Gasteiger partial charge is 0.424 e. The second kappa shape index (κ2) is 10.9. The van der Waals surface area contributed by atoms with E-state index in [0.29, 0.717) is 10.9 Å². The highest BCUT2D eigenvalue weighted by Crippen LogP contribution is 2.48. The molecule has 3 heterocycles. The molecule has 2 aromatic carbocycles. The Morgan fingerprint density at radius 3 is 2.57 bits per heavy atom. The van der Waals surface area contributed by atoms with E-state index in [4.69, 9.17) is 26.8 Å². The SMILES string of the molecule is COc1cc(C(=O)NCC(O)(c2cc3c(c(-c4ccc(F)c(Cl)c4)n2)OC[C@]3(C)C(N)=O)C(F)(F)F)cc2cc(C)cnc12. The molecule has 0 bridgehead atoms. The maximum absolute atomic E-state index is 14.7. The molecule has 0 saturated heterocycles. The molecular formula is C30H25ClF4N4O5. The van der Waals surface area contributed by atoms with Crippen molar-refractivity contribution in [3.8, 4) is 22.8 Å². The predicted octanol–water partition coefficient (Wildman–Crippen LogP) is 4.72. The van der Waals surface area contributed by atoms with E-state index in [9.17, 15) is 32.3 Å². The predicted molar refractivity (Wildman–Crippen MR) is 152 cm³/mol. The number of carbonyl (C=O) groups is 2. The fraction of sp³-hybridized carbons (Fsp3) is 0.267. The number of halogens is 5. The first-order chi connectivity index (χ1) is 20.6. The van der Waals surface area contributed by atoms with Crippen LogP contribution in [0.2, 0.25) is 5.02 Å². The molecule has 2 atom stereocenters. The summed E-state index contributed by atoms with van der Waals surface area (Å²) in [6, 6.07) is 8.63. The zero-order chi connectivity index (χ0) is 32.2. The van der Waals surface area contributed by atoms with Crippen LogP contribution in [0.5, 0.6) is 11.5 Å². The van der Waals surface area contributed by atoms with Crippen LogP contribution in [0.15, 0.2) is 48.7 Å². The Morgan fingerprint density at radius 2 is 1.93 bits per heavy atom. The van der Waals surface area contributed by atoms with Crippen molar-refractivity contribution in [2.75, 3.05) is 20.3 Å². The van der Waals surface area contributed by atoms with Crippen molar-refractivity contribution in [3.05, 3.63) is 81.9 Å². The number of methoxy groups -OCH3 is 1. The van der Waals surface area contributed by atoms with E-state index in [0.717, 1.165) is 23.8 Å². The number of nitrogens with zero attached hydrogens (tertiary/aromatic N) is 2. The molecule has 1 aliphatic heterocycles. The lowest BCUT2D eigenvalue weighted by Gasteiger charge is -2.31. The fourth-order valence-corrected chi connectivity index (χ4v) is 5.08. The van der Waals surface area contributed by atoms with E-state index < -0.39 is 47.1 Å². The van der Waals surface area contributed by atoms with Crippen molar-refractivity contribution >= 4 is 34.3 Å². The summed E-state index contributed by atoms with van der Waals surface area (Å²) in [5.74, 6) is -2.52. The first kappa shape index (κ1) is 31.0. The van der Waals surface area contributed by atoms with E-state index >= 15 is 0 Å². The van der Waals surface area contributed by atoms with Gasteiger partial charge in [0.1, 0.15) is 40.5 Å². The summed E-state index contributed by atoms with van der Waals surface area (Å²) in [6.07, 6.45) is -3.79. The van der Waals surface area contributed by atoms with Crippen molar-refractivity contribution in [1.82, 2.24) is 15.3 Å². The van der Waals surface area contributed by atoms with Gasteiger partial charge in [0.15, 0.2) is 0 Å². The lowest BCUT2D eigenvalue weighted by molar-refractivity contribution is -0.265. The number of aromatic nitrogens is 2. The fourth-order valence-electron chi connectivity index (χ4n) is 4.90.